The van der Waals surface area contributed by atoms with Crippen LogP contribution in [-0.4, -0.2) is 106 Å². The molecule has 0 saturated carbocycles. The van der Waals surface area contributed by atoms with Crippen LogP contribution in [0.25, 0.3) is 27.9 Å². The van der Waals surface area contributed by atoms with Crippen molar-refractivity contribution in [3.8, 4) is 11.4 Å². The molecule has 7 rings (SSSR count). The van der Waals surface area contributed by atoms with E-state index in [1.54, 1.807) is 18.5 Å². The standard InChI is InChI=1S/C33H35ClN8O4/c34-46-33(32(44)37-26-6-7-28-27(20-26)31(39-38-28)42-16-18-45-19-17-42)10-15-40(22-33)21-29(43)41-13-8-24(9-14-41)23-2-4-25(5-3-23)30-35-11-1-12-36-30/h1-8,11-12,20H,9-10,13-19,21-22H2,(H,37,44)(H,38,39). The number of likely N-dealkylation sites (tertiary alicyclic amines) is 1. The molecule has 0 aliphatic carbocycles. The Labute approximate surface area is 271 Å². The van der Waals surface area contributed by atoms with Gasteiger partial charge in [-0.15, -0.1) is 0 Å². The van der Waals surface area contributed by atoms with Crippen molar-refractivity contribution in [3.05, 3.63) is 72.6 Å². The maximum absolute atomic E-state index is 13.5. The minimum absolute atomic E-state index is 0.0127. The van der Waals surface area contributed by atoms with Crippen molar-refractivity contribution in [1.82, 2.24) is 30.0 Å². The van der Waals surface area contributed by atoms with Crippen LogP contribution < -0.4 is 10.2 Å². The third kappa shape index (κ3) is 6.21. The highest BCUT2D eigenvalue weighted by Crippen LogP contribution is 2.32. The normalized spacial score (nSPS) is 20.6. The molecule has 3 aliphatic heterocycles. The van der Waals surface area contributed by atoms with E-state index in [-0.39, 0.29) is 24.9 Å². The van der Waals surface area contributed by atoms with Crippen molar-refractivity contribution >= 4 is 51.7 Å². The molecule has 0 bridgehead atoms. The fraction of sp³-hybridized carbons (Fsp3) is 0.364. The van der Waals surface area contributed by atoms with Gasteiger partial charge in [0.2, 0.25) is 5.91 Å². The number of H-pyrrole nitrogens is 1. The predicted octanol–water partition coefficient (Wildman–Crippen LogP) is 3.73. The van der Waals surface area contributed by atoms with Crippen LogP contribution in [0.5, 0.6) is 0 Å². The average Bonchev–Trinajstić information content (AvgIpc) is 3.74. The molecule has 2 aromatic carbocycles. The lowest BCUT2D eigenvalue weighted by atomic mass is 9.98. The molecule has 5 heterocycles. The van der Waals surface area contributed by atoms with Gasteiger partial charge in [0.25, 0.3) is 5.91 Å². The van der Waals surface area contributed by atoms with E-state index in [1.165, 1.54) is 5.57 Å². The molecule has 2 aromatic heterocycles. The van der Waals surface area contributed by atoms with E-state index in [0.29, 0.717) is 50.8 Å². The van der Waals surface area contributed by atoms with Gasteiger partial charge in [-0.05, 0) is 41.8 Å². The number of hydrogen-bond acceptors (Lipinski definition) is 9. The lowest BCUT2D eigenvalue weighted by Crippen LogP contribution is -2.47. The highest BCUT2D eigenvalue weighted by molar-refractivity contribution is 6.11. The first kappa shape index (κ1) is 30.3. The fourth-order valence-corrected chi connectivity index (χ4v) is 6.54. The molecular formula is C33H35ClN8O4. The largest absolute Gasteiger partial charge is 0.378 e. The number of nitrogens with zero attached hydrogens (tertiary/aromatic N) is 6. The van der Waals surface area contributed by atoms with E-state index in [9.17, 15) is 9.59 Å². The minimum atomic E-state index is -1.27. The van der Waals surface area contributed by atoms with Crippen molar-refractivity contribution in [2.24, 2.45) is 0 Å². The highest BCUT2D eigenvalue weighted by atomic mass is 35.5. The van der Waals surface area contributed by atoms with Crippen LogP contribution >= 0.6 is 11.9 Å². The summed E-state index contributed by atoms with van der Waals surface area (Å²) in [6.45, 7) is 4.88. The summed E-state index contributed by atoms with van der Waals surface area (Å²) in [6.07, 6.45) is 6.71. The lowest BCUT2D eigenvalue weighted by Gasteiger charge is -2.29. The molecule has 0 radical (unpaired) electrons. The summed E-state index contributed by atoms with van der Waals surface area (Å²) in [5.74, 6) is 1.20. The topological polar surface area (TPSA) is 129 Å². The Morgan fingerprint density at radius 2 is 1.80 bits per heavy atom. The van der Waals surface area contributed by atoms with Crippen LogP contribution in [0.1, 0.15) is 18.4 Å². The zero-order valence-electron chi connectivity index (χ0n) is 25.3. The molecule has 3 aliphatic rings. The number of hydrogen-bond donors (Lipinski definition) is 2. The van der Waals surface area contributed by atoms with E-state index in [4.69, 9.17) is 20.9 Å². The number of rotatable bonds is 8. The van der Waals surface area contributed by atoms with Gasteiger partial charge in [-0.3, -0.25) is 23.9 Å². The summed E-state index contributed by atoms with van der Waals surface area (Å²) >= 11 is 5.97. The summed E-state index contributed by atoms with van der Waals surface area (Å²) < 4.78 is 10.8. The van der Waals surface area contributed by atoms with E-state index < -0.39 is 5.60 Å². The Balaban J connectivity index is 0.947. The molecule has 12 nitrogen and oxygen atoms in total. The number of nitrogens with one attached hydrogen (secondary N) is 2. The molecule has 13 heteroatoms. The first-order chi connectivity index (χ1) is 22.5. The Morgan fingerprint density at radius 1 is 1.02 bits per heavy atom. The Hall–Kier alpha value is -4.36. The van der Waals surface area contributed by atoms with Gasteiger partial charge < -0.3 is 19.9 Å². The van der Waals surface area contributed by atoms with Gasteiger partial charge in [-0.25, -0.2) is 9.97 Å². The smallest absolute Gasteiger partial charge is 0.259 e. The van der Waals surface area contributed by atoms with Gasteiger partial charge in [0.15, 0.2) is 17.2 Å². The maximum Gasteiger partial charge on any atom is 0.259 e. The summed E-state index contributed by atoms with van der Waals surface area (Å²) in [6, 6.07) is 15.6. The molecule has 2 fully saturated rings. The highest BCUT2D eigenvalue weighted by Gasteiger charge is 2.47. The van der Waals surface area contributed by atoms with Crippen LogP contribution in [0.3, 0.4) is 0 Å². The second-order valence-electron chi connectivity index (χ2n) is 11.9. The number of anilines is 2. The van der Waals surface area contributed by atoms with Crippen LogP contribution in [0.4, 0.5) is 11.5 Å². The SMILES string of the molecule is O=C(CN1CCC(OCl)(C(=O)Nc2ccc3[nH]nc(N4CCOCC4)c3c2)C1)N1CC=C(c2ccc(-c3ncccn3)cc2)CC1. The molecule has 2 amide bonds. The van der Waals surface area contributed by atoms with Crippen molar-refractivity contribution in [3.63, 3.8) is 0 Å². The van der Waals surface area contributed by atoms with E-state index >= 15 is 0 Å². The quantitative estimate of drug-likeness (QED) is 0.295. The third-order valence-corrected chi connectivity index (χ3v) is 9.28. The van der Waals surface area contributed by atoms with Gasteiger partial charge in [0, 0.05) is 74.7 Å². The van der Waals surface area contributed by atoms with Crippen molar-refractivity contribution in [2.75, 3.05) is 69.2 Å². The monoisotopic (exact) mass is 642 g/mol. The summed E-state index contributed by atoms with van der Waals surface area (Å²) in [7, 11) is 0. The lowest BCUT2D eigenvalue weighted by molar-refractivity contribution is -0.133. The Kier molecular flexibility index (Phi) is 8.67. The first-order valence-electron chi connectivity index (χ1n) is 15.5. The molecule has 2 saturated heterocycles. The van der Waals surface area contributed by atoms with Crippen molar-refractivity contribution < 1.29 is 18.6 Å². The van der Waals surface area contributed by atoms with Crippen LogP contribution in [0, 0.1) is 0 Å². The predicted molar refractivity (Wildman–Crippen MR) is 175 cm³/mol. The zero-order chi connectivity index (χ0) is 31.5. The van der Waals surface area contributed by atoms with Gasteiger partial charge in [0.05, 0.1) is 37.1 Å². The number of morpholine rings is 1. The molecule has 238 valence electrons. The maximum atomic E-state index is 13.5. The number of aromatic amines is 1. The van der Waals surface area contributed by atoms with Crippen molar-refractivity contribution in [1.29, 1.82) is 0 Å². The van der Waals surface area contributed by atoms with Crippen LogP contribution in [0.15, 0.2) is 67.0 Å². The van der Waals surface area contributed by atoms with E-state index in [1.807, 2.05) is 40.1 Å². The summed E-state index contributed by atoms with van der Waals surface area (Å²) in [4.78, 5) is 41.4. The summed E-state index contributed by atoms with van der Waals surface area (Å²) in [5.41, 5.74) is 3.53. The Morgan fingerprint density at radius 3 is 2.54 bits per heavy atom. The Bertz CT molecular complexity index is 1740. The molecule has 1 unspecified atom stereocenters. The first-order valence-corrected chi connectivity index (χ1v) is 15.8. The molecule has 0 spiro atoms. The van der Waals surface area contributed by atoms with Gasteiger partial charge in [0.1, 0.15) is 0 Å². The number of ether oxygens (including phenoxy) is 1. The number of aromatic nitrogens is 4. The number of carbonyl (C=O) groups is 2. The van der Waals surface area contributed by atoms with Crippen molar-refractivity contribution in [2.45, 2.75) is 18.4 Å². The second kappa shape index (κ2) is 13.2. The van der Waals surface area contributed by atoms with Gasteiger partial charge >= 0.3 is 0 Å². The summed E-state index contributed by atoms with van der Waals surface area (Å²) in [5, 5.41) is 11.5. The molecule has 2 N–H and O–H groups in total. The number of halogens is 1. The van der Waals surface area contributed by atoms with Crippen LogP contribution in [0.2, 0.25) is 0 Å². The molecule has 4 aromatic rings. The molecular weight excluding hydrogens is 608 g/mol. The molecule has 1 atom stereocenters. The number of fused-ring (bicyclic) bond motifs is 1. The number of carbonyl (C=O) groups excluding carboxylic acids is 2. The van der Waals surface area contributed by atoms with Crippen LogP contribution in [-0.2, 0) is 18.6 Å². The zero-order valence-corrected chi connectivity index (χ0v) is 26.1. The third-order valence-electron chi connectivity index (χ3n) is 8.98. The van der Waals surface area contributed by atoms with Gasteiger partial charge in [-0.1, -0.05) is 30.3 Å². The number of amides is 2. The second-order valence-corrected chi connectivity index (χ2v) is 12.0. The minimum Gasteiger partial charge on any atom is -0.378 e. The van der Waals surface area contributed by atoms with E-state index in [0.717, 1.165) is 47.4 Å². The molecule has 46 heavy (non-hydrogen) atoms. The fourth-order valence-electron chi connectivity index (χ4n) is 6.35. The van der Waals surface area contributed by atoms with Gasteiger partial charge in [-0.2, -0.15) is 5.10 Å². The average molecular weight is 643 g/mol. The number of benzene rings is 2. The van der Waals surface area contributed by atoms with E-state index in [2.05, 4.69) is 48.6 Å².